The lowest BCUT2D eigenvalue weighted by Gasteiger charge is -1.88. The first-order valence-corrected chi connectivity index (χ1v) is 2.65. The van der Waals surface area contributed by atoms with Crippen molar-refractivity contribution in [2.75, 3.05) is 0 Å². The molecule has 0 unspecified atom stereocenters. The van der Waals surface area contributed by atoms with Crippen molar-refractivity contribution in [2.24, 2.45) is 0 Å². The second kappa shape index (κ2) is 2.58. The fourth-order valence-electron chi connectivity index (χ4n) is 0.600. The van der Waals surface area contributed by atoms with E-state index in [1.54, 1.807) is 0 Å². The molecule has 0 aliphatic rings. The van der Waals surface area contributed by atoms with Crippen molar-refractivity contribution in [3.8, 4) is 0 Å². The summed E-state index contributed by atoms with van der Waals surface area (Å²) in [7, 11) is 0. The Balaban J connectivity index is 3.35. The minimum absolute atomic E-state index is 0.360. The third kappa shape index (κ3) is 1.29. The summed E-state index contributed by atoms with van der Waals surface area (Å²) in [6, 6.07) is 1.16. The Labute approximate surface area is 59.9 Å². The largest absolute Gasteiger partial charge is 0.391 e. The molecule has 0 atom stereocenters. The van der Waals surface area contributed by atoms with Crippen LogP contribution < -0.4 is 0 Å². The summed E-state index contributed by atoms with van der Waals surface area (Å²) in [6.45, 7) is 0. The molecule has 0 aliphatic carbocycles. The van der Waals surface area contributed by atoms with Crippen LogP contribution in [0.2, 0.25) is 0 Å². The minimum Gasteiger partial charge on any atom is -0.203 e. The molecule has 0 saturated heterocycles. The molecule has 1 aromatic carbocycles. The molecule has 11 heavy (non-hydrogen) atoms. The Morgan fingerprint density at radius 3 is 1.91 bits per heavy atom. The second-order valence-corrected chi connectivity index (χ2v) is 1.82. The van der Waals surface area contributed by atoms with Crippen molar-refractivity contribution in [3.63, 3.8) is 0 Å². The summed E-state index contributed by atoms with van der Waals surface area (Å²) < 4.78 is 36.7. The highest BCUT2D eigenvalue weighted by atomic mass is 19.2. The Morgan fingerprint density at radius 1 is 1.09 bits per heavy atom. The zero-order valence-electron chi connectivity index (χ0n) is 5.18. The molecular weight excluding hydrogens is 157 g/mol. The van der Waals surface area contributed by atoms with Crippen LogP contribution >= 0.6 is 0 Å². The molecule has 0 N–H and O–H groups in total. The minimum atomic E-state index is -1.57. The van der Waals surface area contributed by atoms with Gasteiger partial charge in [-0.05, 0) is 0 Å². The van der Waals surface area contributed by atoms with Gasteiger partial charge in [-0.25, -0.2) is 13.2 Å². The van der Waals surface area contributed by atoms with Crippen LogP contribution in [0.25, 0.3) is 4.98 Å². The highest BCUT2D eigenvalue weighted by Crippen LogP contribution is 2.19. The maximum Gasteiger partial charge on any atom is 0.391 e. The van der Waals surface area contributed by atoms with Gasteiger partial charge in [0, 0.05) is 0 Å². The smallest absolute Gasteiger partial charge is 0.203 e. The number of hydrogen-bond acceptors (Lipinski definition) is 1. The average molecular weight is 159 g/mol. The summed E-state index contributed by atoms with van der Waals surface area (Å²) in [5, 5.41) is 8.05. The third-order valence-electron chi connectivity index (χ3n) is 1.08. The summed E-state index contributed by atoms with van der Waals surface area (Å²) in [6.07, 6.45) is 0. The number of rotatable bonds is 0. The molecule has 0 aliphatic heterocycles. The first-order valence-electron chi connectivity index (χ1n) is 2.65. The quantitative estimate of drug-likeness (QED) is 0.422. The summed E-state index contributed by atoms with van der Waals surface area (Å²) >= 11 is 0. The van der Waals surface area contributed by atoms with Crippen molar-refractivity contribution in [2.45, 2.75) is 0 Å². The Kier molecular flexibility index (Phi) is 1.77. The number of benzene rings is 1. The van der Waals surface area contributed by atoms with E-state index >= 15 is 0 Å². The van der Waals surface area contributed by atoms with Crippen molar-refractivity contribution >= 4 is 5.69 Å². The number of nitrogens with zero attached hydrogens (tertiary/aromatic N) is 2. The van der Waals surface area contributed by atoms with Crippen LogP contribution in [0, 0.1) is 22.8 Å². The molecule has 0 heterocycles. The van der Waals surface area contributed by atoms with Crippen molar-refractivity contribution < 1.29 is 13.2 Å². The SMILES string of the molecule is N#[N+]c1cc(F)c(F)c(F)c1. The first kappa shape index (κ1) is 7.54. The van der Waals surface area contributed by atoms with Crippen LogP contribution in [0.15, 0.2) is 12.1 Å². The molecule has 1 aromatic rings. The van der Waals surface area contributed by atoms with E-state index in [4.69, 9.17) is 5.39 Å². The Morgan fingerprint density at radius 2 is 1.55 bits per heavy atom. The van der Waals surface area contributed by atoms with E-state index in [1.165, 1.54) is 0 Å². The van der Waals surface area contributed by atoms with E-state index in [0.29, 0.717) is 12.1 Å². The van der Waals surface area contributed by atoms with Crippen molar-refractivity contribution in [1.82, 2.24) is 0 Å². The average Bonchev–Trinajstić information content (AvgIpc) is 1.99. The van der Waals surface area contributed by atoms with E-state index in [2.05, 4.69) is 4.98 Å². The highest BCUT2D eigenvalue weighted by molar-refractivity contribution is 5.44. The fraction of sp³-hybridized carbons (Fsp3) is 0. The molecule has 56 valence electrons. The van der Waals surface area contributed by atoms with Gasteiger partial charge in [0.15, 0.2) is 22.4 Å². The van der Waals surface area contributed by atoms with E-state index in [1.807, 2.05) is 0 Å². The van der Waals surface area contributed by atoms with Crippen LogP contribution in [-0.2, 0) is 0 Å². The lowest BCUT2D eigenvalue weighted by molar-refractivity contribution is 0.448. The Hall–Kier alpha value is -1.57. The van der Waals surface area contributed by atoms with E-state index in [-0.39, 0.29) is 5.69 Å². The van der Waals surface area contributed by atoms with E-state index in [0.717, 1.165) is 0 Å². The molecule has 2 nitrogen and oxygen atoms in total. The van der Waals surface area contributed by atoms with E-state index in [9.17, 15) is 13.2 Å². The molecule has 0 fully saturated rings. The molecule has 0 radical (unpaired) electrons. The molecule has 0 saturated carbocycles. The van der Waals surface area contributed by atoms with Gasteiger partial charge in [-0.1, -0.05) is 0 Å². The van der Waals surface area contributed by atoms with Gasteiger partial charge < -0.3 is 0 Å². The number of halogens is 3. The van der Waals surface area contributed by atoms with Crippen LogP contribution in [0.5, 0.6) is 0 Å². The molecule has 0 amide bonds. The third-order valence-corrected chi connectivity index (χ3v) is 1.08. The van der Waals surface area contributed by atoms with Crippen LogP contribution in [0.1, 0.15) is 0 Å². The summed E-state index contributed by atoms with van der Waals surface area (Å²) in [4.78, 5) is 2.49. The monoisotopic (exact) mass is 159 g/mol. The highest BCUT2D eigenvalue weighted by Gasteiger charge is 2.16. The van der Waals surface area contributed by atoms with Crippen molar-refractivity contribution in [3.05, 3.63) is 34.6 Å². The normalized spacial score (nSPS) is 9.27. The fourth-order valence-corrected chi connectivity index (χ4v) is 0.600. The maximum atomic E-state index is 12.2. The van der Waals surface area contributed by atoms with Crippen LogP contribution in [-0.4, -0.2) is 0 Å². The molecule has 1 rings (SSSR count). The maximum absolute atomic E-state index is 12.2. The number of hydrogen-bond donors (Lipinski definition) is 0. The molecule has 5 heteroatoms. The topological polar surface area (TPSA) is 28.1 Å². The van der Waals surface area contributed by atoms with E-state index < -0.39 is 17.5 Å². The zero-order valence-corrected chi connectivity index (χ0v) is 5.18. The van der Waals surface area contributed by atoms with Crippen LogP contribution in [0.4, 0.5) is 18.9 Å². The second-order valence-electron chi connectivity index (χ2n) is 1.82. The molecule has 0 aromatic heterocycles. The van der Waals surface area contributed by atoms with Crippen molar-refractivity contribution in [1.29, 1.82) is 5.39 Å². The predicted octanol–water partition coefficient (Wildman–Crippen LogP) is 2.59. The summed E-state index contributed by atoms with van der Waals surface area (Å²) in [5.74, 6) is -4.33. The van der Waals surface area contributed by atoms with Gasteiger partial charge in [0.2, 0.25) is 5.39 Å². The standard InChI is InChI=1S/C6H2F3N2/c7-4-1-3(11-10)2-5(8)6(4)9/h1-2H/q+1. The van der Waals surface area contributed by atoms with Gasteiger partial charge in [0.05, 0.1) is 12.1 Å². The zero-order chi connectivity index (χ0) is 8.43. The molecular formula is C6H2F3N2+. The lowest BCUT2D eigenvalue weighted by Crippen LogP contribution is -1.87. The van der Waals surface area contributed by atoms with Gasteiger partial charge >= 0.3 is 5.69 Å². The molecule has 0 spiro atoms. The van der Waals surface area contributed by atoms with Crippen LogP contribution in [0.3, 0.4) is 0 Å². The van der Waals surface area contributed by atoms with Gasteiger partial charge in [0.1, 0.15) is 0 Å². The lowest BCUT2D eigenvalue weighted by atomic mass is 10.3. The molecule has 0 bridgehead atoms. The number of diazo groups is 1. The van der Waals surface area contributed by atoms with Gasteiger partial charge in [0.25, 0.3) is 0 Å². The van der Waals surface area contributed by atoms with Gasteiger partial charge in [-0.15, -0.1) is 0 Å². The predicted molar refractivity (Wildman–Crippen MR) is 31.1 cm³/mol. The Bertz CT molecular complexity index is 306. The first-order chi connectivity index (χ1) is 5.15. The van der Waals surface area contributed by atoms with Gasteiger partial charge in [-0.2, -0.15) is 0 Å². The van der Waals surface area contributed by atoms with Gasteiger partial charge in [-0.3, -0.25) is 0 Å². The summed E-state index contributed by atoms with van der Waals surface area (Å²) in [5.41, 5.74) is -0.360.